The molecule has 0 saturated heterocycles. The highest BCUT2D eigenvalue weighted by atomic mass is 79.9. The number of hydrogen-bond acceptors (Lipinski definition) is 2. The number of carbonyl (C=O) groups is 1. The average Bonchev–Trinajstić information content (AvgIpc) is 2.45. The van der Waals surface area contributed by atoms with Crippen LogP contribution in [0.15, 0.2) is 40.9 Å². The van der Waals surface area contributed by atoms with Crippen LogP contribution in [0.3, 0.4) is 0 Å². The van der Waals surface area contributed by atoms with Gasteiger partial charge in [0.15, 0.2) is 0 Å². The number of nitrogens with one attached hydrogen (secondary N) is 2. The summed E-state index contributed by atoms with van der Waals surface area (Å²) in [5.41, 5.74) is 5.21. The molecule has 0 aliphatic carbocycles. The summed E-state index contributed by atoms with van der Waals surface area (Å²) in [5, 5.41) is 6.07. The third kappa shape index (κ3) is 4.08. The van der Waals surface area contributed by atoms with Gasteiger partial charge in [-0.05, 0) is 61.7 Å². The van der Waals surface area contributed by atoms with E-state index in [1.54, 1.807) is 0 Å². The van der Waals surface area contributed by atoms with Crippen molar-refractivity contribution in [3.8, 4) is 0 Å². The van der Waals surface area contributed by atoms with Gasteiger partial charge in [-0.1, -0.05) is 28.1 Å². The highest BCUT2D eigenvalue weighted by Gasteiger charge is 2.06. The van der Waals surface area contributed by atoms with Crippen LogP contribution in [-0.4, -0.2) is 12.5 Å². The first-order valence-electron chi connectivity index (χ1n) is 6.83. The van der Waals surface area contributed by atoms with Gasteiger partial charge in [-0.3, -0.25) is 4.79 Å². The molecule has 2 aromatic rings. The Morgan fingerprint density at radius 1 is 1.10 bits per heavy atom. The second kappa shape index (κ2) is 6.76. The van der Waals surface area contributed by atoms with Crippen LogP contribution in [0.25, 0.3) is 0 Å². The van der Waals surface area contributed by atoms with Crippen LogP contribution >= 0.6 is 15.9 Å². The fraction of sp³-hybridized carbons (Fsp3) is 0.235. The monoisotopic (exact) mass is 346 g/mol. The zero-order valence-corrected chi connectivity index (χ0v) is 14.0. The van der Waals surface area contributed by atoms with E-state index in [0.717, 1.165) is 27.0 Å². The standard InChI is InChI=1S/C17H19BrN2O/c1-11-5-4-6-16(13(11)3)20-17(21)10-19-14-7-8-15(18)12(2)9-14/h4-9,19H,10H2,1-3H3,(H,20,21). The van der Waals surface area contributed by atoms with E-state index in [9.17, 15) is 4.79 Å². The van der Waals surface area contributed by atoms with Crippen LogP contribution in [0.5, 0.6) is 0 Å². The van der Waals surface area contributed by atoms with E-state index in [2.05, 4.69) is 26.6 Å². The van der Waals surface area contributed by atoms with E-state index >= 15 is 0 Å². The molecule has 0 aliphatic heterocycles. The molecule has 0 aromatic heterocycles. The van der Waals surface area contributed by atoms with Crippen LogP contribution in [0.2, 0.25) is 0 Å². The predicted octanol–water partition coefficient (Wildman–Crippen LogP) is 4.42. The summed E-state index contributed by atoms with van der Waals surface area (Å²) < 4.78 is 1.06. The number of rotatable bonds is 4. The van der Waals surface area contributed by atoms with Crippen molar-refractivity contribution in [2.75, 3.05) is 17.2 Å². The molecule has 2 rings (SSSR count). The summed E-state index contributed by atoms with van der Waals surface area (Å²) in [7, 11) is 0. The van der Waals surface area contributed by atoms with Gasteiger partial charge in [0.25, 0.3) is 0 Å². The molecule has 21 heavy (non-hydrogen) atoms. The Bertz CT molecular complexity index is 668. The number of hydrogen-bond donors (Lipinski definition) is 2. The number of carbonyl (C=O) groups excluding carboxylic acids is 1. The maximum atomic E-state index is 12.0. The van der Waals surface area contributed by atoms with Gasteiger partial charge in [-0.2, -0.15) is 0 Å². The van der Waals surface area contributed by atoms with Crippen molar-refractivity contribution in [3.63, 3.8) is 0 Å². The van der Waals surface area contributed by atoms with Crippen molar-refractivity contribution in [1.82, 2.24) is 0 Å². The van der Waals surface area contributed by atoms with Crippen molar-refractivity contribution in [2.45, 2.75) is 20.8 Å². The van der Waals surface area contributed by atoms with Crippen molar-refractivity contribution in [2.24, 2.45) is 0 Å². The number of benzene rings is 2. The maximum absolute atomic E-state index is 12.0. The molecule has 2 N–H and O–H groups in total. The van der Waals surface area contributed by atoms with Gasteiger partial charge in [0, 0.05) is 15.8 Å². The topological polar surface area (TPSA) is 41.1 Å². The number of anilines is 2. The molecule has 0 radical (unpaired) electrons. The van der Waals surface area contributed by atoms with Gasteiger partial charge >= 0.3 is 0 Å². The minimum Gasteiger partial charge on any atom is -0.376 e. The van der Waals surface area contributed by atoms with Crippen molar-refractivity contribution < 1.29 is 4.79 Å². The Kier molecular flexibility index (Phi) is 5.02. The second-order valence-electron chi connectivity index (χ2n) is 5.11. The molecular weight excluding hydrogens is 328 g/mol. The minimum absolute atomic E-state index is 0.0516. The summed E-state index contributed by atoms with van der Waals surface area (Å²) in [6.07, 6.45) is 0. The first-order valence-corrected chi connectivity index (χ1v) is 7.63. The second-order valence-corrected chi connectivity index (χ2v) is 5.97. The van der Waals surface area contributed by atoms with Gasteiger partial charge < -0.3 is 10.6 Å². The molecule has 4 heteroatoms. The van der Waals surface area contributed by atoms with E-state index in [-0.39, 0.29) is 12.5 Å². The Balaban J connectivity index is 1.96. The lowest BCUT2D eigenvalue weighted by Gasteiger charge is -2.12. The van der Waals surface area contributed by atoms with E-state index in [4.69, 9.17) is 0 Å². The summed E-state index contributed by atoms with van der Waals surface area (Å²) in [6, 6.07) is 11.8. The Labute approximate surface area is 133 Å². The van der Waals surface area contributed by atoms with Gasteiger partial charge in [0.2, 0.25) is 5.91 Å². The van der Waals surface area contributed by atoms with Gasteiger partial charge in [-0.25, -0.2) is 0 Å². The lowest BCUT2D eigenvalue weighted by molar-refractivity contribution is -0.114. The van der Waals surface area contributed by atoms with Crippen molar-refractivity contribution in [3.05, 3.63) is 57.6 Å². The summed E-state index contributed by atoms with van der Waals surface area (Å²) >= 11 is 3.46. The lowest BCUT2D eigenvalue weighted by atomic mass is 10.1. The molecule has 0 atom stereocenters. The molecule has 110 valence electrons. The third-order valence-corrected chi connectivity index (χ3v) is 4.38. The zero-order chi connectivity index (χ0) is 15.4. The number of halogens is 1. The molecule has 0 saturated carbocycles. The molecule has 0 aliphatic rings. The minimum atomic E-state index is -0.0516. The van der Waals surface area contributed by atoms with Crippen LogP contribution in [-0.2, 0) is 4.79 Å². The first-order chi connectivity index (χ1) is 9.97. The van der Waals surface area contributed by atoms with E-state index in [1.807, 2.05) is 57.2 Å². The SMILES string of the molecule is Cc1cc(NCC(=O)Nc2cccc(C)c2C)ccc1Br. The average molecular weight is 347 g/mol. The highest BCUT2D eigenvalue weighted by Crippen LogP contribution is 2.20. The Hall–Kier alpha value is -1.81. The maximum Gasteiger partial charge on any atom is 0.243 e. The van der Waals surface area contributed by atoms with Crippen LogP contribution in [0.1, 0.15) is 16.7 Å². The smallest absolute Gasteiger partial charge is 0.243 e. The number of amides is 1. The predicted molar refractivity (Wildman–Crippen MR) is 91.9 cm³/mol. The normalized spacial score (nSPS) is 10.3. The third-order valence-electron chi connectivity index (χ3n) is 3.49. The Morgan fingerprint density at radius 3 is 2.57 bits per heavy atom. The fourth-order valence-corrected chi connectivity index (χ4v) is 2.26. The van der Waals surface area contributed by atoms with Crippen LogP contribution in [0.4, 0.5) is 11.4 Å². The van der Waals surface area contributed by atoms with Crippen LogP contribution in [0, 0.1) is 20.8 Å². The molecule has 0 fully saturated rings. The van der Waals surface area contributed by atoms with Crippen molar-refractivity contribution >= 4 is 33.2 Å². The molecule has 3 nitrogen and oxygen atoms in total. The summed E-state index contributed by atoms with van der Waals surface area (Å²) in [5.74, 6) is -0.0516. The van der Waals surface area contributed by atoms with E-state index in [1.165, 1.54) is 5.56 Å². The van der Waals surface area contributed by atoms with E-state index < -0.39 is 0 Å². The molecular formula is C17H19BrN2O. The number of aryl methyl sites for hydroxylation is 2. The molecule has 0 heterocycles. The highest BCUT2D eigenvalue weighted by molar-refractivity contribution is 9.10. The molecule has 1 amide bonds. The molecule has 0 spiro atoms. The Morgan fingerprint density at radius 2 is 1.86 bits per heavy atom. The summed E-state index contributed by atoms with van der Waals surface area (Å²) in [6.45, 7) is 6.31. The van der Waals surface area contributed by atoms with E-state index in [0.29, 0.717) is 0 Å². The molecule has 2 aromatic carbocycles. The zero-order valence-electron chi connectivity index (χ0n) is 12.5. The fourth-order valence-electron chi connectivity index (χ4n) is 2.02. The summed E-state index contributed by atoms with van der Waals surface area (Å²) in [4.78, 5) is 12.0. The largest absolute Gasteiger partial charge is 0.376 e. The van der Waals surface area contributed by atoms with Gasteiger partial charge in [-0.15, -0.1) is 0 Å². The first kappa shape index (κ1) is 15.6. The van der Waals surface area contributed by atoms with Gasteiger partial charge in [0.05, 0.1) is 6.54 Å². The van der Waals surface area contributed by atoms with Crippen molar-refractivity contribution in [1.29, 1.82) is 0 Å². The van der Waals surface area contributed by atoms with Gasteiger partial charge in [0.1, 0.15) is 0 Å². The lowest BCUT2D eigenvalue weighted by Crippen LogP contribution is -2.22. The molecule has 0 unspecified atom stereocenters. The van der Waals surface area contributed by atoms with Crippen LogP contribution < -0.4 is 10.6 Å². The quantitative estimate of drug-likeness (QED) is 0.859. The molecule has 0 bridgehead atoms.